The summed E-state index contributed by atoms with van der Waals surface area (Å²) >= 11 is 0. The lowest BCUT2D eigenvalue weighted by Gasteiger charge is -2.19. The van der Waals surface area contributed by atoms with E-state index in [1.54, 1.807) is 12.1 Å². The third-order valence-corrected chi connectivity index (χ3v) is 6.69. The molecule has 1 aromatic carbocycles. The van der Waals surface area contributed by atoms with Gasteiger partial charge in [0.15, 0.2) is 0 Å². The molecular weight excluding hydrogens is 501 g/mol. The van der Waals surface area contributed by atoms with E-state index in [9.17, 15) is 9.36 Å². The molecule has 38 heavy (non-hydrogen) atoms. The van der Waals surface area contributed by atoms with E-state index < -0.39 is 13.9 Å². The molecule has 0 bridgehead atoms. The molecule has 0 fully saturated rings. The number of ether oxygens (including phenoxy) is 1. The first-order chi connectivity index (χ1) is 18.3. The fourth-order valence-corrected chi connectivity index (χ4v) is 4.50. The number of phosphoric ester groups is 1. The van der Waals surface area contributed by atoms with E-state index in [-0.39, 0.29) is 19.1 Å². The van der Waals surface area contributed by atoms with Crippen LogP contribution in [0, 0.1) is 12.3 Å². The Labute approximate surface area is 230 Å². The van der Waals surface area contributed by atoms with Gasteiger partial charge in [0.1, 0.15) is 12.4 Å². The first-order valence-corrected chi connectivity index (χ1v) is 15.7. The maximum absolute atomic E-state index is 12.5. The average molecular weight is 550 g/mol. The average Bonchev–Trinajstić information content (AvgIpc) is 2.88. The standard InChI is InChI=1S/C30H48NO6P/c1-3-5-6-7-8-9-10-11-12-13-14-15-16-17-18-19-30(32)31-28(26-37-38(33,34)35)25-27-20-22-29(23-21-27)36-24-4-2/h2,11-12,20-23,28H,3,5-10,13-19,24-26H2,1H3,(H,31,32)(H2,33,34,35)/b12-11-. The van der Waals surface area contributed by atoms with E-state index in [1.165, 1.54) is 51.4 Å². The largest absolute Gasteiger partial charge is 0.481 e. The van der Waals surface area contributed by atoms with Crippen molar-refractivity contribution in [2.45, 2.75) is 109 Å². The molecule has 0 saturated carbocycles. The minimum Gasteiger partial charge on any atom is -0.481 e. The number of amides is 1. The van der Waals surface area contributed by atoms with E-state index in [1.807, 2.05) is 12.1 Å². The van der Waals surface area contributed by atoms with Crippen LogP contribution in [0.2, 0.25) is 0 Å². The molecular formula is C30H48NO6P. The Hall–Kier alpha value is -2.10. The third-order valence-electron chi connectivity index (χ3n) is 6.20. The van der Waals surface area contributed by atoms with E-state index >= 15 is 0 Å². The highest BCUT2D eigenvalue weighted by atomic mass is 31.2. The summed E-state index contributed by atoms with van der Waals surface area (Å²) in [5.74, 6) is 2.89. The molecule has 0 aliphatic rings. The SMILES string of the molecule is C#CCOc1ccc(CC(COP(=O)(O)O)NC(=O)CCCCCCC/C=C\CCCCCCCC)cc1. The van der Waals surface area contributed by atoms with Crippen molar-refractivity contribution in [2.75, 3.05) is 13.2 Å². The molecule has 0 heterocycles. The second-order valence-corrected chi connectivity index (χ2v) is 11.0. The highest BCUT2D eigenvalue weighted by Crippen LogP contribution is 2.35. The number of terminal acetylenes is 1. The van der Waals surface area contributed by atoms with Crippen molar-refractivity contribution in [1.82, 2.24) is 5.32 Å². The zero-order valence-electron chi connectivity index (χ0n) is 23.1. The Morgan fingerprint density at radius 3 is 2.13 bits per heavy atom. The number of rotatable bonds is 23. The van der Waals surface area contributed by atoms with Crippen LogP contribution in [0.5, 0.6) is 5.75 Å². The molecule has 1 aromatic rings. The molecule has 0 aliphatic carbocycles. The molecule has 1 atom stereocenters. The molecule has 1 rings (SSSR count). The van der Waals surface area contributed by atoms with Gasteiger partial charge in [-0.15, -0.1) is 6.42 Å². The topological polar surface area (TPSA) is 105 Å². The number of nitrogens with one attached hydrogen (secondary N) is 1. The van der Waals surface area contributed by atoms with E-state index in [4.69, 9.17) is 20.9 Å². The first-order valence-electron chi connectivity index (χ1n) is 14.1. The van der Waals surface area contributed by atoms with E-state index in [2.05, 4.69) is 34.8 Å². The zero-order valence-corrected chi connectivity index (χ0v) is 24.0. The lowest BCUT2D eigenvalue weighted by molar-refractivity contribution is -0.122. The van der Waals surface area contributed by atoms with Gasteiger partial charge in [0, 0.05) is 6.42 Å². The third kappa shape index (κ3) is 19.9. The monoisotopic (exact) mass is 549 g/mol. The van der Waals surface area contributed by atoms with Gasteiger partial charge in [-0.2, -0.15) is 0 Å². The van der Waals surface area contributed by atoms with E-state index in [0.29, 0.717) is 18.6 Å². The molecule has 214 valence electrons. The Balaban J connectivity index is 2.24. The Morgan fingerprint density at radius 2 is 1.55 bits per heavy atom. The van der Waals surface area contributed by atoms with Crippen molar-refractivity contribution in [3.8, 4) is 18.1 Å². The summed E-state index contributed by atoms with van der Waals surface area (Å²) < 4.78 is 21.2. The van der Waals surface area contributed by atoms with Crippen LogP contribution in [0.25, 0.3) is 0 Å². The Kier molecular flexibility index (Phi) is 19.5. The summed E-state index contributed by atoms with van der Waals surface area (Å²) in [6, 6.07) is 6.62. The highest BCUT2D eigenvalue weighted by Gasteiger charge is 2.20. The van der Waals surface area contributed by atoms with Crippen LogP contribution < -0.4 is 10.1 Å². The number of hydrogen-bond donors (Lipinski definition) is 3. The van der Waals surface area contributed by atoms with Crippen LogP contribution >= 0.6 is 7.82 Å². The van der Waals surface area contributed by atoms with Gasteiger partial charge in [0.05, 0.1) is 12.6 Å². The number of carbonyl (C=O) groups is 1. The van der Waals surface area contributed by atoms with Crippen LogP contribution in [-0.2, 0) is 20.3 Å². The number of carbonyl (C=O) groups excluding carboxylic acids is 1. The van der Waals surface area contributed by atoms with Crippen LogP contribution in [0.15, 0.2) is 36.4 Å². The normalized spacial score (nSPS) is 12.4. The molecule has 0 radical (unpaired) electrons. The summed E-state index contributed by atoms with van der Waals surface area (Å²) in [5.41, 5.74) is 0.874. The Bertz CT molecular complexity index is 858. The molecule has 1 amide bonds. The summed E-state index contributed by atoms with van der Waals surface area (Å²) in [7, 11) is -4.64. The molecule has 0 saturated heterocycles. The van der Waals surface area contributed by atoms with E-state index in [0.717, 1.165) is 37.7 Å². The van der Waals surface area contributed by atoms with Gasteiger partial charge in [-0.05, 0) is 56.2 Å². The molecule has 0 aliphatic heterocycles. The minimum absolute atomic E-state index is 0.143. The summed E-state index contributed by atoms with van der Waals surface area (Å²) in [6.45, 7) is 2.14. The van der Waals surface area contributed by atoms with Crippen LogP contribution in [0.4, 0.5) is 0 Å². The van der Waals surface area contributed by atoms with Crippen LogP contribution in [-0.4, -0.2) is 34.9 Å². The number of phosphoric acid groups is 1. The van der Waals surface area contributed by atoms with Gasteiger partial charge in [0.2, 0.25) is 5.91 Å². The lowest BCUT2D eigenvalue weighted by atomic mass is 10.1. The number of benzene rings is 1. The van der Waals surface area contributed by atoms with Crippen molar-refractivity contribution < 1.29 is 28.4 Å². The Morgan fingerprint density at radius 1 is 0.974 bits per heavy atom. The predicted octanol–water partition coefficient (Wildman–Crippen LogP) is 6.87. The summed E-state index contributed by atoms with van der Waals surface area (Å²) in [6.07, 6.45) is 26.1. The van der Waals surface area contributed by atoms with Gasteiger partial charge in [-0.25, -0.2) is 4.57 Å². The van der Waals surface area contributed by atoms with Crippen molar-refractivity contribution in [1.29, 1.82) is 0 Å². The van der Waals surface area contributed by atoms with Crippen LogP contribution in [0.3, 0.4) is 0 Å². The maximum Gasteiger partial charge on any atom is 0.469 e. The molecule has 0 spiro atoms. The minimum atomic E-state index is -4.64. The number of hydrogen-bond acceptors (Lipinski definition) is 4. The zero-order chi connectivity index (χ0) is 27.9. The lowest BCUT2D eigenvalue weighted by Crippen LogP contribution is -2.39. The second-order valence-electron chi connectivity index (χ2n) is 9.73. The fourth-order valence-electron chi connectivity index (χ4n) is 4.13. The summed E-state index contributed by atoms with van der Waals surface area (Å²) in [4.78, 5) is 30.6. The maximum atomic E-state index is 12.5. The quantitative estimate of drug-likeness (QED) is 0.0595. The molecule has 0 aromatic heterocycles. The summed E-state index contributed by atoms with van der Waals surface area (Å²) in [5, 5.41) is 2.86. The molecule has 1 unspecified atom stereocenters. The second kappa shape index (κ2) is 21.8. The number of allylic oxidation sites excluding steroid dienone is 2. The van der Waals surface area contributed by atoms with Gasteiger partial charge < -0.3 is 19.8 Å². The van der Waals surface area contributed by atoms with Gasteiger partial charge in [-0.1, -0.05) is 88.5 Å². The van der Waals surface area contributed by atoms with Crippen LogP contribution in [0.1, 0.15) is 102 Å². The van der Waals surface area contributed by atoms with Crippen molar-refractivity contribution in [3.63, 3.8) is 0 Å². The van der Waals surface area contributed by atoms with Crippen molar-refractivity contribution in [2.24, 2.45) is 0 Å². The van der Waals surface area contributed by atoms with Crippen molar-refractivity contribution in [3.05, 3.63) is 42.0 Å². The number of unbranched alkanes of at least 4 members (excludes halogenated alkanes) is 11. The van der Waals surface area contributed by atoms with Gasteiger partial charge in [0.25, 0.3) is 0 Å². The van der Waals surface area contributed by atoms with Crippen molar-refractivity contribution >= 4 is 13.7 Å². The highest BCUT2D eigenvalue weighted by molar-refractivity contribution is 7.46. The molecule has 3 N–H and O–H groups in total. The van der Waals surface area contributed by atoms with Gasteiger partial charge in [-0.3, -0.25) is 9.32 Å². The molecule has 8 heteroatoms. The first kappa shape index (κ1) is 33.9. The predicted molar refractivity (Wildman–Crippen MR) is 154 cm³/mol. The molecule has 7 nitrogen and oxygen atoms in total. The fraction of sp³-hybridized carbons (Fsp3) is 0.633. The van der Waals surface area contributed by atoms with Gasteiger partial charge >= 0.3 is 7.82 Å². The smallest absolute Gasteiger partial charge is 0.469 e.